The van der Waals surface area contributed by atoms with Crippen LogP contribution in [0.3, 0.4) is 0 Å². The number of nitrogens with zero attached hydrogens (tertiary/aromatic N) is 1. The van der Waals surface area contributed by atoms with E-state index in [1.807, 2.05) is 0 Å². The van der Waals surface area contributed by atoms with Crippen molar-refractivity contribution in [1.82, 2.24) is 4.98 Å². The fourth-order valence-corrected chi connectivity index (χ4v) is 1.19. The van der Waals surface area contributed by atoms with Gasteiger partial charge in [0.15, 0.2) is 5.13 Å². The fraction of sp³-hybridized carbons (Fsp3) is 0.333. The van der Waals surface area contributed by atoms with Crippen molar-refractivity contribution in [2.24, 2.45) is 0 Å². The first kappa shape index (κ1) is 5.68. The number of hydrogen-bond donors (Lipinski definition) is 2. The minimum Gasteiger partial charge on any atom is -0.391 e. The summed E-state index contributed by atoms with van der Waals surface area (Å²) in [5.41, 5.74) is 0. The zero-order valence-electron chi connectivity index (χ0n) is 7.79. The number of thiazole rings is 1. The maximum absolute atomic E-state index is 10.6. The Labute approximate surface area is 70.7 Å². The Morgan fingerprint density at radius 2 is 2.82 bits per heavy atom. The molecule has 1 amide bonds. The molecule has 0 unspecified atom stereocenters. The van der Waals surface area contributed by atoms with E-state index in [1.54, 1.807) is 0 Å². The highest BCUT2D eigenvalue weighted by atomic mass is 32.1. The summed E-state index contributed by atoms with van der Waals surface area (Å²) in [7, 11) is 0. The molecule has 0 spiro atoms. The molecule has 1 heterocycles. The van der Waals surface area contributed by atoms with Gasteiger partial charge in [0, 0.05) is 13.1 Å². The summed E-state index contributed by atoms with van der Waals surface area (Å²) in [5.74, 6) is -0.278. The highest BCUT2D eigenvalue weighted by molar-refractivity contribution is 7.15. The number of anilines is 1. The van der Waals surface area contributed by atoms with Crippen molar-refractivity contribution in [3.8, 4) is 0 Å². The summed E-state index contributed by atoms with van der Waals surface area (Å²) < 4.78 is 13.9. The van der Waals surface area contributed by atoms with Crippen LogP contribution in [0.1, 0.15) is 14.5 Å². The first-order valence-electron chi connectivity index (χ1n) is 3.86. The molecule has 1 aromatic rings. The van der Waals surface area contributed by atoms with Crippen LogP contribution in [0, 0.1) is 0 Å². The quantitative estimate of drug-likeness (QED) is 0.690. The van der Waals surface area contributed by atoms with Gasteiger partial charge in [0.25, 0.3) is 0 Å². The van der Waals surface area contributed by atoms with Gasteiger partial charge in [0.1, 0.15) is 0 Å². The van der Waals surface area contributed by atoms with Gasteiger partial charge in [-0.15, -0.1) is 0 Å². The summed E-state index contributed by atoms with van der Waals surface area (Å²) in [4.78, 5) is 14.3. The average molecular weight is 174 g/mol. The predicted octanol–water partition coefficient (Wildman–Crippen LogP) is 0.594. The van der Waals surface area contributed by atoms with Crippen LogP contribution in [0.2, 0.25) is 0 Å². The van der Waals surface area contributed by atoms with E-state index in [0.29, 0.717) is 0 Å². The molecule has 0 saturated carbocycles. The molecule has 4 nitrogen and oxygen atoms in total. The van der Waals surface area contributed by atoms with Crippen LogP contribution >= 0.6 is 11.3 Å². The van der Waals surface area contributed by atoms with Crippen LogP contribution in [-0.4, -0.2) is 16.0 Å². The maximum atomic E-state index is 10.6. The molecule has 0 bridgehead atoms. The third-order valence-corrected chi connectivity index (χ3v) is 1.72. The molecule has 0 aliphatic rings. The van der Waals surface area contributed by atoms with Crippen LogP contribution in [0.4, 0.5) is 5.13 Å². The van der Waals surface area contributed by atoms with E-state index < -0.39 is 6.56 Å². The number of rotatable bonds is 2. The van der Waals surface area contributed by atoms with E-state index in [0.717, 1.165) is 11.3 Å². The van der Waals surface area contributed by atoms with Gasteiger partial charge in [-0.3, -0.25) is 4.79 Å². The molecule has 1 aromatic heterocycles. The zero-order chi connectivity index (χ0) is 10.1. The molecule has 0 aliphatic heterocycles. The molecule has 5 heteroatoms. The van der Waals surface area contributed by atoms with Gasteiger partial charge in [-0.05, 0) is 0 Å². The summed E-state index contributed by atoms with van der Waals surface area (Å²) in [6.45, 7) is -1.07. The Kier molecular flexibility index (Phi) is 1.78. The molecule has 60 valence electrons. The minimum absolute atomic E-state index is 0.0660. The lowest BCUT2D eigenvalue weighted by Crippen LogP contribution is -2.04. The van der Waals surface area contributed by atoms with E-state index in [4.69, 9.17) is 7.85 Å². The lowest BCUT2D eigenvalue weighted by Gasteiger charge is -1.91. The van der Waals surface area contributed by atoms with Crippen LogP contribution in [0.25, 0.3) is 0 Å². The molecule has 0 radical (unpaired) electrons. The van der Waals surface area contributed by atoms with Gasteiger partial charge in [-0.25, -0.2) is 4.98 Å². The van der Waals surface area contributed by atoms with E-state index in [1.165, 1.54) is 13.1 Å². The molecule has 0 saturated heterocycles. The molecule has 0 atom stereocenters. The Morgan fingerprint density at radius 1 is 2.09 bits per heavy atom. The first-order valence-corrected chi connectivity index (χ1v) is 3.67. The number of amides is 1. The van der Waals surface area contributed by atoms with Crippen molar-refractivity contribution in [2.75, 3.05) is 5.32 Å². The molecule has 2 N–H and O–H groups in total. The van der Waals surface area contributed by atoms with Crippen LogP contribution in [0.15, 0.2) is 6.20 Å². The highest BCUT2D eigenvalue weighted by Crippen LogP contribution is 2.17. The number of aliphatic hydroxyl groups is 1. The van der Waals surface area contributed by atoms with Crippen molar-refractivity contribution in [2.45, 2.75) is 13.5 Å². The molecule has 11 heavy (non-hydrogen) atoms. The van der Waals surface area contributed by atoms with Gasteiger partial charge in [0.05, 0.1) is 14.2 Å². The lowest BCUT2D eigenvalue weighted by molar-refractivity contribution is -0.114. The normalized spacial score (nSPS) is 13.6. The Morgan fingerprint density at radius 3 is 3.27 bits per heavy atom. The van der Waals surface area contributed by atoms with Crippen LogP contribution in [0.5, 0.6) is 0 Å². The standard InChI is InChI=1S/C6H8N2O2S/c1-4(10)8-6-7-2-5(3-9)11-6/h2,9H,3H2,1H3,(H,7,8,10)/i3D2. The van der Waals surface area contributed by atoms with Gasteiger partial charge >= 0.3 is 0 Å². The maximum Gasteiger partial charge on any atom is 0.223 e. The Balaban J connectivity index is 2.81. The number of aromatic nitrogens is 1. The zero-order valence-corrected chi connectivity index (χ0v) is 6.60. The lowest BCUT2D eigenvalue weighted by atomic mass is 10.6. The van der Waals surface area contributed by atoms with E-state index in [9.17, 15) is 4.79 Å². The van der Waals surface area contributed by atoms with E-state index >= 15 is 0 Å². The van der Waals surface area contributed by atoms with Gasteiger partial charge in [-0.2, -0.15) is 0 Å². The van der Waals surface area contributed by atoms with Crippen LogP contribution < -0.4 is 5.32 Å². The molecule has 0 aromatic carbocycles. The number of nitrogens with one attached hydrogen (secondary N) is 1. The van der Waals surface area contributed by atoms with Gasteiger partial charge in [0.2, 0.25) is 5.91 Å². The van der Waals surface area contributed by atoms with Crippen molar-refractivity contribution in [1.29, 1.82) is 0 Å². The second-order valence-electron chi connectivity index (χ2n) is 1.82. The third kappa shape index (κ3) is 2.28. The minimum atomic E-state index is -2.39. The number of carbonyl (C=O) groups excluding carboxylic acids is 1. The molecule has 1 rings (SSSR count). The SMILES string of the molecule is [2H]C([2H])(O)c1cnc(NC(C)=O)s1. The Hall–Kier alpha value is -0.940. The first-order chi connectivity index (χ1) is 5.89. The smallest absolute Gasteiger partial charge is 0.223 e. The summed E-state index contributed by atoms with van der Waals surface area (Å²) in [6.07, 6.45) is 1.19. The predicted molar refractivity (Wildman–Crippen MR) is 42.3 cm³/mol. The molecule has 0 fully saturated rings. The van der Waals surface area contributed by atoms with Crippen molar-refractivity contribution in [3.63, 3.8) is 0 Å². The van der Waals surface area contributed by atoms with Gasteiger partial charge < -0.3 is 10.4 Å². The summed E-state index contributed by atoms with van der Waals surface area (Å²) in [6, 6.07) is 0. The van der Waals surface area contributed by atoms with Crippen molar-refractivity contribution >= 4 is 22.4 Å². The van der Waals surface area contributed by atoms with E-state index in [2.05, 4.69) is 10.3 Å². The molecular formula is C6H8N2O2S. The van der Waals surface area contributed by atoms with Gasteiger partial charge in [-0.1, -0.05) is 11.3 Å². The van der Waals surface area contributed by atoms with Crippen molar-refractivity contribution < 1.29 is 12.6 Å². The van der Waals surface area contributed by atoms with Crippen molar-refractivity contribution in [3.05, 3.63) is 11.1 Å². The Bertz CT molecular complexity index is 321. The monoisotopic (exact) mass is 174 g/mol. The second-order valence-corrected chi connectivity index (χ2v) is 2.85. The molecule has 0 aliphatic carbocycles. The average Bonchev–Trinajstić information content (AvgIpc) is 2.32. The summed E-state index contributed by atoms with van der Waals surface area (Å²) >= 11 is 0.900. The molecular weight excluding hydrogens is 164 g/mol. The fourth-order valence-electron chi connectivity index (χ4n) is 0.534. The number of carbonyl (C=O) groups is 1. The highest BCUT2D eigenvalue weighted by Gasteiger charge is 2.00. The topological polar surface area (TPSA) is 62.2 Å². The van der Waals surface area contributed by atoms with E-state index in [-0.39, 0.29) is 15.9 Å². The second kappa shape index (κ2) is 3.45. The van der Waals surface area contributed by atoms with Crippen LogP contribution in [-0.2, 0) is 11.4 Å². The third-order valence-electron chi connectivity index (χ3n) is 0.899. The summed E-state index contributed by atoms with van der Waals surface area (Å²) in [5, 5.41) is 11.6. The largest absolute Gasteiger partial charge is 0.391 e. The number of hydrogen-bond acceptors (Lipinski definition) is 4.